The van der Waals surface area contributed by atoms with Crippen LogP contribution in [0.4, 0.5) is 0 Å². The zero-order valence-electron chi connectivity index (χ0n) is 10.3. The average Bonchev–Trinajstić information content (AvgIpc) is 2.38. The van der Waals surface area contributed by atoms with Gasteiger partial charge >= 0.3 is 0 Å². The fourth-order valence-corrected chi connectivity index (χ4v) is 1.54. The normalized spacial score (nSPS) is 12.4. The molecule has 0 spiro atoms. The molecule has 0 atom stereocenters. The van der Waals surface area contributed by atoms with E-state index in [1.807, 2.05) is 0 Å². The van der Waals surface area contributed by atoms with Crippen LogP contribution in [0.1, 0.15) is 20.3 Å². The summed E-state index contributed by atoms with van der Waals surface area (Å²) >= 11 is 4.50. The molecule has 17 heavy (non-hydrogen) atoms. The van der Waals surface area contributed by atoms with Gasteiger partial charge in [-0.2, -0.15) is 0 Å². The van der Waals surface area contributed by atoms with Crippen LogP contribution in [0.5, 0.6) is 0 Å². The first-order valence-corrected chi connectivity index (χ1v) is 6.22. The number of isothiocyanates is 1. The van der Waals surface area contributed by atoms with Crippen LogP contribution in [0.2, 0.25) is 0 Å². The molecular weight excluding hydrogens is 228 g/mol. The highest BCUT2D eigenvalue weighted by molar-refractivity contribution is 7.78. The van der Waals surface area contributed by atoms with Crippen molar-refractivity contribution in [2.24, 2.45) is 4.99 Å². The van der Waals surface area contributed by atoms with Crippen LogP contribution in [0, 0.1) is 11.8 Å². The molecule has 0 heterocycles. The minimum atomic E-state index is 0.633. The molecule has 0 saturated carbocycles. The lowest BCUT2D eigenvalue weighted by Crippen LogP contribution is -2.24. The number of nitrogens with zero attached hydrogens (tertiary/aromatic N) is 2. The van der Waals surface area contributed by atoms with Gasteiger partial charge in [0.25, 0.3) is 0 Å². The third-order valence-electron chi connectivity index (χ3n) is 2.54. The summed E-state index contributed by atoms with van der Waals surface area (Å²) in [6, 6.07) is 0. The van der Waals surface area contributed by atoms with E-state index in [9.17, 15) is 0 Å². The zero-order valence-corrected chi connectivity index (χ0v) is 11.2. The maximum Gasteiger partial charge on any atom is 0.0666 e. The molecule has 1 aliphatic rings. The largest absolute Gasteiger partial charge is 0.298 e. The molecule has 0 unspecified atom stereocenters. The van der Waals surface area contributed by atoms with Gasteiger partial charge in [-0.3, -0.25) is 4.90 Å². The highest BCUT2D eigenvalue weighted by Gasteiger charge is 2.03. The number of hydrogen-bond acceptors (Lipinski definition) is 3. The molecule has 0 aromatic carbocycles. The van der Waals surface area contributed by atoms with Gasteiger partial charge < -0.3 is 0 Å². The van der Waals surface area contributed by atoms with Crippen molar-refractivity contribution in [1.82, 2.24) is 4.90 Å². The van der Waals surface area contributed by atoms with Gasteiger partial charge in [0.05, 0.1) is 22.9 Å². The summed E-state index contributed by atoms with van der Waals surface area (Å²) < 4.78 is 0. The molecule has 0 aromatic heterocycles. The van der Waals surface area contributed by atoms with Crippen molar-refractivity contribution in [2.75, 3.05) is 26.2 Å². The minimum absolute atomic E-state index is 0.633. The third kappa shape index (κ3) is 4.98. The molecule has 0 amide bonds. The maximum atomic E-state index is 4.50. The molecule has 1 aliphatic carbocycles. The van der Waals surface area contributed by atoms with Gasteiger partial charge in [0, 0.05) is 13.0 Å². The van der Waals surface area contributed by atoms with Crippen molar-refractivity contribution >= 4 is 17.4 Å². The fourth-order valence-electron chi connectivity index (χ4n) is 1.45. The zero-order chi connectivity index (χ0) is 12.5. The summed E-state index contributed by atoms with van der Waals surface area (Å²) in [5.74, 6) is 6.21. The lowest BCUT2D eigenvalue weighted by Gasteiger charge is -2.16. The van der Waals surface area contributed by atoms with Gasteiger partial charge in [0.15, 0.2) is 0 Å². The Kier molecular flexibility index (Phi) is 6.30. The van der Waals surface area contributed by atoms with Crippen molar-refractivity contribution in [3.8, 4) is 11.8 Å². The lowest BCUT2D eigenvalue weighted by molar-refractivity contribution is 0.333. The number of hydrogen-bond donors (Lipinski definition) is 0. The van der Waals surface area contributed by atoms with E-state index in [1.165, 1.54) is 0 Å². The van der Waals surface area contributed by atoms with E-state index in [1.54, 1.807) is 0 Å². The van der Waals surface area contributed by atoms with Crippen LogP contribution in [0.3, 0.4) is 0 Å². The molecule has 0 aromatic rings. The van der Waals surface area contributed by atoms with Crippen molar-refractivity contribution < 1.29 is 0 Å². The van der Waals surface area contributed by atoms with Crippen LogP contribution >= 0.6 is 12.2 Å². The lowest BCUT2D eigenvalue weighted by atomic mass is 10.1. The van der Waals surface area contributed by atoms with Gasteiger partial charge in [0.2, 0.25) is 0 Å². The Morgan fingerprint density at radius 3 is 2.35 bits per heavy atom. The van der Waals surface area contributed by atoms with E-state index in [0.717, 1.165) is 37.2 Å². The molecule has 0 N–H and O–H groups in total. The first kappa shape index (κ1) is 13.7. The number of thiocarbonyl (C=S) groups is 1. The van der Waals surface area contributed by atoms with Crippen molar-refractivity contribution in [1.29, 1.82) is 0 Å². The van der Waals surface area contributed by atoms with E-state index in [4.69, 9.17) is 0 Å². The van der Waals surface area contributed by atoms with Crippen molar-refractivity contribution in [3.63, 3.8) is 0 Å². The summed E-state index contributed by atoms with van der Waals surface area (Å²) in [5, 5.41) is 2.34. The second kappa shape index (κ2) is 7.82. The predicted octanol–water partition coefficient (Wildman–Crippen LogP) is 2.44. The Hall–Kier alpha value is -1.38. The van der Waals surface area contributed by atoms with Crippen LogP contribution < -0.4 is 0 Å². The first-order valence-electron chi connectivity index (χ1n) is 5.81. The smallest absolute Gasteiger partial charge is 0.0666 e. The Morgan fingerprint density at radius 1 is 1.18 bits per heavy atom. The molecule has 2 nitrogen and oxygen atoms in total. The highest BCUT2D eigenvalue weighted by Crippen LogP contribution is 2.04. The quantitative estimate of drug-likeness (QED) is 0.296. The Balaban J connectivity index is 2.64. The van der Waals surface area contributed by atoms with Crippen LogP contribution in [-0.4, -0.2) is 36.2 Å². The second-order valence-electron chi connectivity index (χ2n) is 3.64. The molecule has 0 bridgehead atoms. The van der Waals surface area contributed by atoms with Gasteiger partial charge in [-0.05, 0) is 25.3 Å². The van der Waals surface area contributed by atoms with Gasteiger partial charge in [0.1, 0.15) is 0 Å². The van der Waals surface area contributed by atoms with E-state index in [-0.39, 0.29) is 0 Å². The predicted molar refractivity (Wildman–Crippen MR) is 74.1 cm³/mol. The number of likely N-dealkylation sites (N-methyl/N-ethyl adjacent to an activating group) is 1. The molecule has 0 fully saturated rings. The first-order chi connectivity index (χ1) is 8.30. The molecule has 1 rings (SSSR count). The monoisotopic (exact) mass is 244 g/mol. The van der Waals surface area contributed by atoms with Crippen LogP contribution in [0.15, 0.2) is 27.6 Å². The van der Waals surface area contributed by atoms with E-state index < -0.39 is 0 Å². The van der Waals surface area contributed by atoms with Crippen LogP contribution in [-0.2, 0) is 0 Å². The third-order valence-corrected chi connectivity index (χ3v) is 2.67. The second-order valence-corrected chi connectivity index (χ2v) is 3.82. The SMILES string of the molecule is CCN(CC)CC1=C=C=C(CCN=C=S)C#C1. The molecule has 3 heteroatoms. The van der Waals surface area contributed by atoms with Gasteiger partial charge in [-0.15, -0.1) is 0 Å². The van der Waals surface area contributed by atoms with Crippen LogP contribution in [0.25, 0.3) is 0 Å². The Morgan fingerprint density at radius 2 is 1.82 bits per heavy atom. The molecular formula is C14H16N2S. The maximum absolute atomic E-state index is 4.50. The molecule has 0 aliphatic heterocycles. The molecule has 0 saturated heterocycles. The van der Waals surface area contributed by atoms with Crippen molar-refractivity contribution in [2.45, 2.75) is 20.3 Å². The Bertz CT molecular complexity index is 470. The fraction of sp³-hybridized carbons (Fsp3) is 0.500. The minimum Gasteiger partial charge on any atom is -0.298 e. The number of aliphatic imine (C=N–C) groups is 1. The van der Waals surface area contributed by atoms with Gasteiger partial charge in [-0.1, -0.05) is 37.2 Å². The molecule has 0 radical (unpaired) electrons. The van der Waals surface area contributed by atoms with E-state index in [0.29, 0.717) is 6.54 Å². The van der Waals surface area contributed by atoms with Crippen molar-refractivity contribution in [3.05, 3.63) is 22.6 Å². The summed E-state index contributed by atoms with van der Waals surface area (Å²) in [5.41, 5.74) is 8.17. The summed E-state index contributed by atoms with van der Waals surface area (Å²) in [7, 11) is 0. The standard InChI is InChI=1S/C14H16N2S/c1-3-16(4-2)11-14-7-5-13(6-8-14)9-10-15-12-17/h3-4,9-11H2,1-2H3. The topological polar surface area (TPSA) is 15.6 Å². The summed E-state index contributed by atoms with van der Waals surface area (Å²) in [4.78, 5) is 6.16. The van der Waals surface area contributed by atoms with E-state index in [2.05, 4.69) is 64.4 Å². The average molecular weight is 244 g/mol. The number of rotatable bonds is 7. The van der Waals surface area contributed by atoms with E-state index >= 15 is 0 Å². The van der Waals surface area contributed by atoms with Gasteiger partial charge in [-0.25, -0.2) is 4.99 Å². The Labute approximate surface area is 108 Å². The molecule has 88 valence electrons. The summed E-state index contributed by atoms with van der Waals surface area (Å²) in [6.07, 6.45) is 0.766. The summed E-state index contributed by atoms with van der Waals surface area (Å²) in [6.45, 7) is 7.85. The highest BCUT2D eigenvalue weighted by atomic mass is 32.1.